The zero-order valence-electron chi connectivity index (χ0n) is 9.24. The van der Waals surface area contributed by atoms with E-state index in [1.165, 1.54) is 0 Å². The third kappa shape index (κ3) is 2.47. The van der Waals surface area contributed by atoms with Gasteiger partial charge in [0.05, 0.1) is 11.8 Å². The smallest absolute Gasteiger partial charge is 0.152 e. The Kier molecular flexibility index (Phi) is 3.12. The second-order valence-corrected chi connectivity index (χ2v) is 3.80. The highest BCUT2D eigenvalue weighted by molar-refractivity contribution is 5.27. The number of nitrogens with two attached hydrogens (primary N) is 1. The Morgan fingerprint density at radius 1 is 1.12 bits per heavy atom. The minimum Gasteiger partial charge on any atom is -0.308 e. The summed E-state index contributed by atoms with van der Waals surface area (Å²) in [4.78, 5) is 8.32. The van der Waals surface area contributed by atoms with Crippen LogP contribution in [-0.4, -0.2) is 9.97 Å². The number of hydrogen-bond acceptors (Lipinski definition) is 4. The fraction of sp³-hybridized carbons (Fsp3) is 0.154. The fourth-order valence-electron chi connectivity index (χ4n) is 1.60. The monoisotopic (exact) mass is 224 g/mol. The lowest BCUT2D eigenvalue weighted by Crippen LogP contribution is -2.38. The number of rotatable bonds is 3. The first-order valence-corrected chi connectivity index (χ1v) is 5.26. The van der Waals surface area contributed by atoms with Gasteiger partial charge in [0.15, 0.2) is 5.54 Å². The number of nitrogens with zero attached hydrogens (tertiary/aromatic N) is 3. The maximum atomic E-state index is 9.26. The Morgan fingerprint density at radius 2 is 1.82 bits per heavy atom. The molecule has 0 saturated heterocycles. The molecule has 1 unspecified atom stereocenters. The topological polar surface area (TPSA) is 75.6 Å². The van der Waals surface area contributed by atoms with Crippen molar-refractivity contribution in [3.05, 3.63) is 60.2 Å². The van der Waals surface area contributed by atoms with Crippen LogP contribution in [0.5, 0.6) is 0 Å². The van der Waals surface area contributed by atoms with E-state index in [-0.39, 0.29) is 0 Å². The molecule has 0 saturated carbocycles. The lowest BCUT2D eigenvalue weighted by atomic mass is 9.91. The molecule has 4 nitrogen and oxygen atoms in total. The normalized spacial score (nSPS) is 13.6. The van der Waals surface area contributed by atoms with Crippen molar-refractivity contribution in [3.63, 3.8) is 0 Å². The Hall–Kier alpha value is -2.25. The molecule has 84 valence electrons. The maximum Gasteiger partial charge on any atom is 0.152 e. The van der Waals surface area contributed by atoms with Crippen LogP contribution in [-0.2, 0) is 12.0 Å². The fourth-order valence-corrected chi connectivity index (χ4v) is 1.60. The molecule has 1 atom stereocenters. The van der Waals surface area contributed by atoms with E-state index in [1.54, 1.807) is 24.5 Å². The SMILES string of the molecule is N#CC(N)(Cc1ccccn1)c1ccccn1. The lowest BCUT2D eigenvalue weighted by molar-refractivity contribution is 0.546. The van der Waals surface area contributed by atoms with E-state index in [1.807, 2.05) is 24.3 Å². The Morgan fingerprint density at radius 3 is 2.35 bits per heavy atom. The predicted molar refractivity (Wildman–Crippen MR) is 63.7 cm³/mol. The first-order chi connectivity index (χ1) is 8.24. The van der Waals surface area contributed by atoms with Crippen molar-refractivity contribution in [1.82, 2.24) is 9.97 Å². The first kappa shape index (κ1) is 11.2. The number of hydrogen-bond donors (Lipinski definition) is 1. The second-order valence-electron chi connectivity index (χ2n) is 3.80. The highest BCUT2D eigenvalue weighted by atomic mass is 14.8. The molecule has 0 spiro atoms. The molecule has 2 aromatic rings. The van der Waals surface area contributed by atoms with Crippen molar-refractivity contribution < 1.29 is 0 Å². The minimum atomic E-state index is -1.13. The highest BCUT2D eigenvalue weighted by Gasteiger charge is 2.29. The van der Waals surface area contributed by atoms with Crippen molar-refractivity contribution >= 4 is 0 Å². The zero-order chi connectivity index (χ0) is 12.1. The molecule has 17 heavy (non-hydrogen) atoms. The molecule has 4 heteroatoms. The van der Waals surface area contributed by atoms with Gasteiger partial charge in [0.2, 0.25) is 0 Å². The van der Waals surface area contributed by atoms with Crippen LogP contribution in [0.25, 0.3) is 0 Å². The summed E-state index contributed by atoms with van der Waals surface area (Å²) in [5.41, 5.74) is 6.30. The van der Waals surface area contributed by atoms with Gasteiger partial charge in [-0.3, -0.25) is 9.97 Å². The summed E-state index contributed by atoms with van der Waals surface area (Å²) in [7, 11) is 0. The average molecular weight is 224 g/mol. The van der Waals surface area contributed by atoms with Crippen molar-refractivity contribution in [2.75, 3.05) is 0 Å². The van der Waals surface area contributed by atoms with E-state index < -0.39 is 5.54 Å². The summed E-state index contributed by atoms with van der Waals surface area (Å²) in [6, 6.07) is 13.0. The molecule has 0 aliphatic carbocycles. The molecule has 2 heterocycles. The number of nitriles is 1. The van der Waals surface area contributed by atoms with Gasteiger partial charge in [-0.2, -0.15) is 5.26 Å². The van der Waals surface area contributed by atoms with E-state index in [0.29, 0.717) is 12.1 Å². The van der Waals surface area contributed by atoms with E-state index in [2.05, 4.69) is 16.0 Å². The molecule has 0 fully saturated rings. The number of pyridine rings is 2. The van der Waals surface area contributed by atoms with Gasteiger partial charge in [-0.05, 0) is 24.3 Å². The maximum absolute atomic E-state index is 9.26. The summed E-state index contributed by atoms with van der Waals surface area (Å²) in [6.07, 6.45) is 3.67. The molecule has 0 aliphatic heterocycles. The standard InChI is InChI=1S/C13H12N4/c14-10-13(15,12-6-2-4-8-17-12)9-11-5-1-3-7-16-11/h1-8H,9,15H2. The van der Waals surface area contributed by atoms with Crippen molar-refractivity contribution in [2.45, 2.75) is 12.0 Å². The van der Waals surface area contributed by atoms with Gasteiger partial charge in [0.1, 0.15) is 0 Å². The molecule has 0 aromatic carbocycles. The van der Waals surface area contributed by atoms with Crippen LogP contribution in [0.3, 0.4) is 0 Å². The molecular weight excluding hydrogens is 212 g/mol. The summed E-state index contributed by atoms with van der Waals surface area (Å²) in [6.45, 7) is 0. The van der Waals surface area contributed by atoms with Gasteiger partial charge in [-0.25, -0.2) is 0 Å². The summed E-state index contributed by atoms with van der Waals surface area (Å²) in [5, 5.41) is 9.26. The van der Waals surface area contributed by atoms with Crippen molar-refractivity contribution in [2.24, 2.45) is 5.73 Å². The van der Waals surface area contributed by atoms with Crippen LogP contribution in [0.15, 0.2) is 48.8 Å². The largest absolute Gasteiger partial charge is 0.308 e. The quantitative estimate of drug-likeness (QED) is 0.854. The Labute approximate surface area is 99.8 Å². The third-order valence-electron chi connectivity index (χ3n) is 2.51. The lowest BCUT2D eigenvalue weighted by Gasteiger charge is -2.20. The predicted octanol–water partition coefficient (Wildman–Crippen LogP) is 1.40. The van der Waals surface area contributed by atoms with Gasteiger partial charge in [0.25, 0.3) is 0 Å². The van der Waals surface area contributed by atoms with E-state index in [0.717, 1.165) is 5.69 Å². The summed E-state index contributed by atoms with van der Waals surface area (Å²) in [5.74, 6) is 0. The van der Waals surface area contributed by atoms with Crippen LogP contribution in [0.1, 0.15) is 11.4 Å². The molecule has 0 aliphatic rings. The van der Waals surface area contributed by atoms with Gasteiger partial charge in [-0.1, -0.05) is 12.1 Å². The molecule has 2 N–H and O–H groups in total. The summed E-state index contributed by atoms with van der Waals surface area (Å²) >= 11 is 0. The minimum absolute atomic E-state index is 0.349. The van der Waals surface area contributed by atoms with Gasteiger partial charge < -0.3 is 5.73 Å². The van der Waals surface area contributed by atoms with E-state index in [4.69, 9.17) is 5.73 Å². The van der Waals surface area contributed by atoms with Crippen LogP contribution in [0, 0.1) is 11.3 Å². The average Bonchev–Trinajstić information content (AvgIpc) is 2.41. The van der Waals surface area contributed by atoms with Crippen LogP contribution >= 0.6 is 0 Å². The summed E-state index contributed by atoms with van der Waals surface area (Å²) < 4.78 is 0. The second kappa shape index (κ2) is 4.73. The molecule has 2 aromatic heterocycles. The Balaban J connectivity index is 2.31. The van der Waals surface area contributed by atoms with Crippen molar-refractivity contribution in [1.29, 1.82) is 5.26 Å². The zero-order valence-corrected chi connectivity index (χ0v) is 9.24. The van der Waals surface area contributed by atoms with E-state index in [9.17, 15) is 5.26 Å². The van der Waals surface area contributed by atoms with Gasteiger partial charge in [-0.15, -0.1) is 0 Å². The van der Waals surface area contributed by atoms with Crippen LogP contribution in [0.4, 0.5) is 0 Å². The highest BCUT2D eigenvalue weighted by Crippen LogP contribution is 2.19. The molecular formula is C13H12N4. The van der Waals surface area contributed by atoms with Crippen LogP contribution < -0.4 is 5.73 Å². The van der Waals surface area contributed by atoms with Gasteiger partial charge in [0, 0.05) is 24.5 Å². The van der Waals surface area contributed by atoms with E-state index >= 15 is 0 Å². The molecule has 0 radical (unpaired) electrons. The van der Waals surface area contributed by atoms with Gasteiger partial charge >= 0.3 is 0 Å². The molecule has 2 rings (SSSR count). The molecule has 0 bridgehead atoms. The first-order valence-electron chi connectivity index (χ1n) is 5.26. The number of aromatic nitrogens is 2. The van der Waals surface area contributed by atoms with Crippen LogP contribution in [0.2, 0.25) is 0 Å². The third-order valence-corrected chi connectivity index (χ3v) is 2.51. The molecule has 0 amide bonds. The Bertz CT molecular complexity index is 518. The van der Waals surface area contributed by atoms with Crippen molar-refractivity contribution in [3.8, 4) is 6.07 Å².